The van der Waals surface area contributed by atoms with Gasteiger partial charge in [0.15, 0.2) is 5.17 Å². The van der Waals surface area contributed by atoms with Crippen molar-refractivity contribution in [3.63, 3.8) is 0 Å². The van der Waals surface area contributed by atoms with Crippen LogP contribution in [0, 0.1) is 0 Å². The largest absolute Gasteiger partial charge is 0.337 e. The lowest BCUT2D eigenvalue weighted by molar-refractivity contribution is -0.122. The second-order valence-corrected chi connectivity index (χ2v) is 8.41. The number of fused-ring (bicyclic) bond motifs is 1. The van der Waals surface area contributed by atoms with Crippen molar-refractivity contribution in [3.05, 3.63) is 64.5 Å². The molecule has 2 heterocycles. The van der Waals surface area contributed by atoms with E-state index in [-0.39, 0.29) is 5.91 Å². The Morgan fingerprint density at radius 2 is 1.74 bits per heavy atom. The molecule has 4 rings (SSSR count). The fraction of sp³-hybridized carbons (Fsp3) is 0.238. The maximum Gasteiger partial charge on any atom is 0.269 e. The Morgan fingerprint density at radius 1 is 1.00 bits per heavy atom. The summed E-state index contributed by atoms with van der Waals surface area (Å²) >= 11 is 3.15. The number of benzene rings is 2. The van der Waals surface area contributed by atoms with Crippen LogP contribution in [-0.2, 0) is 4.79 Å². The summed E-state index contributed by atoms with van der Waals surface area (Å²) in [4.78, 5) is 23.9. The molecule has 1 amide bonds. The minimum absolute atomic E-state index is 0.0605. The molecule has 0 saturated carbocycles. The minimum Gasteiger partial charge on any atom is -0.337 e. The number of rotatable bonds is 4. The molecule has 0 N–H and O–H groups in total. The number of hydrogen-bond donors (Lipinski definition) is 0. The number of amidine groups is 1. The van der Waals surface area contributed by atoms with E-state index in [0.29, 0.717) is 6.54 Å². The van der Waals surface area contributed by atoms with Crippen LogP contribution in [0.25, 0.3) is 0 Å². The molecular formula is C21H21N3OS2. The fourth-order valence-corrected chi connectivity index (χ4v) is 5.41. The third kappa shape index (κ3) is 3.51. The van der Waals surface area contributed by atoms with Crippen molar-refractivity contribution in [3.8, 4) is 0 Å². The number of anilines is 1. The molecule has 0 spiro atoms. The number of aliphatic imine (C=N–C) groups is 1. The molecule has 0 unspecified atom stereocenters. The molecule has 4 nitrogen and oxygen atoms in total. The predicted molar refractivity (Wildman–Crippen MR) is 115 cm³/mol. The van der Waals surface area contributed by atoms with Crippen molar-refractivity contribution in [2.75, 3.05) is 18.5 Å². The lowest BCUT2D eigenvalue weighted by Gasteiger charge is -2.16. The van der Waals surface area contributed by atoms with Gasteiger partial charge < -0.3 is 4.90 Å². The van der Waals surface area contributed by atoms with Gasteiger partial charge in [0.1, 0.15) is 4.91 Å². The number of unbranched alkanes of at least 4 members (excludes halogenated alkanes) is 1. The fourth-order valence-electron chi connectivity index (χ4n) is 3.05. The molecule has 0 atom stereocenters. The Bertz CT molecular complexity index is 924. The molecule has 27 heavy (non-hydrogen) atoms. The van der Waals surface area contributed by atoms with E-state index in [4.69, 9.17) is 4.99 Å². The van der Waals surface area contributed by atoms with E-state index < -0.39 is 0 Å². The molecule has 0 aliphatic carbocycles. The van der Waals surface area contributed by atoms with Crippen molar-refractivity contribution in [1.82, 2.24) is 4.90 Å². The summed E-state index contributed by atoms with van der Waals surface area (Å²) in [7, 11) is 2.03. The zero-order chi connectivity index (χ0) is 18.8. The Hall–Kier alpha value is -2.18. The van der Waals surface area contributed by atoms with Crippen molar-refractivity contribution >= 4 is 46.0 Å². The number of nitrogens with zero attached hydrogens (tertiary/aromatic N) is 3. The van der Waals surface area contributed by atoms with Gasteiger partial charge in [-0.3, -0.25) is 9.69 Å². The lowest BCUT2D eigenvalue weighted by Crippen LogP contribution is -2.30. The maximum atomic E-state index is 13.2. The summed E-state index contributed by atoms with van der Waals surface area (Å²) < 4.78 is 0. The van der Waals surface area contributed by atoms with Crippen molar-refractivity contribution in [2.24, 2.45) is 4.99 Å². The quantitative estimate of drug-likeness (QED) is 0.644. The first kappa shape index (κ1) is 18.2. The van der Waals surface area contributed by atoms with Crippen LogP contribution in [0.5, 0.6) is 0 Å². The van der Waals surface area contributed by atoms with Gasteiger partial charge in [-0.15, -0.1) is 0 Å². The van der Waals surface area contributed by atoms with E-state index in [1.165, 1.54) is 16.7 Å². The number of hydrogen-bond acceptors (Lipinski definition) is 5. The summed E-state index contributed by atoms with van der Waals surface area (Å²) in [6.45, 7) is 2.84. The van der Waals surface area contributed by atoms with Crippen LogP contribution in [0.4, 0.5) is 11.4 Å². The Morgan fingerprint density at radius 3 is 2.48 bits per heavy atom. The van der Waals surface area contributed by atoms with E-state index in [0.717, 1.165) is 39.3 Å². The van der Waals surface area contributed by atoms with Crippen LogP contribution >= 0.6 is 23.5 Å². The normalized spacial score (nSPS) is 20.7. The summed E-state index contributed by atoms with van der Waals surface area (Å²) in [5.74, 6) is 0.0605. The van der Waals surface area contributed by atoms with Gasteiger partial charge in [-0.1, -0.05) is 55.4 Å². The predicted octanol–water partition coefficient (Wildman–Crippen LogP) is 5.46. The van der Waals surface area contributed by atoms with Gasteiger partial charge >= 0.3 is 0 Å². The topological polar surface area (TPSA) is 35.9 Å². The summed E-state index contributed by atoms with van der Waals surface area (Å²) in [5.41, 5.74) is 2.02. The van der Waals surface area contributed by atoms with Crippen LogP contribution in [-0.4, -0.2) is 29.6 Å². The molecule has 2 aromatic carbocycles. The summed E-state index contributed by atoms with van der Waals surface area (Å²) in [5, 5.41) is 1.76. The Labute approximate surface area is 168 Å². The molecule has 0 radical (unpaired) electrons. The molecule has 2 aliphatic heterocycles. The third-order valence-corrected chi connectivity index (χ3v) is 6.94. The van der Waals surface area contributed by atoms with Gasteiger partial charge in [0.05, 0.1) is 16.4 Å². The SMILES string of the molecule is CCCCN1C(=O)/C(=C2/Sc3ccccc3N2C)SC1=Nc1ccccc1. The van der Waals surface area contributed by atoms with Gasteiger partial charge in [-0.25, -0.2) is 4.99 Å². The third-order valence-electron chi connectivity index (χ3n) is 4.51. The molecule has 1 saturated heterocycles. The number of thioether (sulfide) groups is 2. The van der Waals surface area contributed by atoms with Crippen molar-refractivity contribution in [1.29, 1.82) is 0 Å². The smallest absolute Gasteiger partial charge is 0.269 e. The number of para-hydroxylation sites is 2. The molecule has 1 fully saturated rings. The van der Waals surface area contributed by atoms with Gasteiger partial charge in [0.2, 0.25) is 0 Å². The highest BCUT2D eigenvalue weighted by molar-refractivity contribution is 8.19. The Balaban J connectivity index is 1.71. The van der Waals surface area contributed by atoms with Gasteiger partial charge in [0, 0.05) is 18.5 Å². The van der Waals surface area contributed by atoms with Gasteiger partial charge in [-0.05, 0) is 42.4 Å². The molecule has 0 bridgehead atoms. The Kier molecular flexibility index (Phi) is 5.27. The average Bonchev–Trinajstić information content (AvgIpc) is 3.18. The van der Waals surface area contributed by atoms with Crippen molar-refractivity contribution < 1.29 is 4.79 Å². The molecule has 0 aromatic heterocycles. The number of carbonyl (C=O) groups excluding carboxylic acids is 1. The van der Waals surface area contributed by atoms with E-state index in [1.807, 2.05) is 54.4 Å². The molecule has 6 heteroatoms. The van der Waals surface area contributed by atoms with E-state index in [2.05, 4.69) is 24.0 Å². The monoisotopic (exact) mass is 395 g/mol. The van der Waals surface area contributed by atoms with Crippen LogP contribution < -0.4 is 4.90 Å². The second-order valence-electron chi connectivity index (χ2n) is 6.41. The van der Waals surface area contributed by atoms with E-state index in [9.17, 15) is 4.79 Å². The number of carbonyl (C=O) groups is 1. The maximum absolute atomic E-state index is 13.2. The molecule has 2 aliphatic rings. The van der Waals surface area contributed by atoms with Crippen LogP contribution in [0.2, 0.25) is 0 Å². The zero-order valence-corrected chi connectivity index (χ0v) is 17.0. The van der Waals surface area contributed by atoms with E-state index in [1.54, 1.807) is 11.8 Å². The van der Waals surface area contributed by atoms with Gasteiger partial charge in [0.25, 0.3) is 5.91 Å². The van der Waals surface area contributed by atoms with E-state index >= 15 is 0 Å². The molecule has 2 aromatic rings. The highest BCUT2D eigenvalue weighted by Gasteiger charge is 2.38. The lowest BCUT2D eigenvalue weighted by atomic mass is 10.3. The standard InChI is InChI=1S/C21H21N3OS2/c1-3-4-14-24-19(25)18(27-21(24)22-15-10-6-5-7-11-15)20-23(2)16-12-8-9-13-17(16)26-20/h5-13H,3-4,14H2,1-2H3/b20-18-,22-21?. The molecule has 138 valence electrons. The van der Waals surface area contributed by atoms with Crippen LogP contribution in [0.15, 0.2) is 74.4 Å². The number of amides is 1. The summed E-state index contributed by atoms with van der Waals surface area (Å²) in [6, 6.07) is 18.1. The van der Waals surface area contributed by atoms with Crippen LogP contribution in [0.3, 0.4) is 0 Å². The first-order valence-corrected chi connectivity index (χ1v) is 10.7. The highest BCUT2D eigenvalue weighted by atomic mass is 32.2. The molecular weight excluding hydrogens is 374 g/mol. The van der Waals surface area contributed by atoms with Crippen LogP contribution in [0.1, 0.15) is 19.8 Å². The summed E-state index contributed by atoms with van der Waals surface area (Å²) in [6.07, 6.45) is 2.00. The minimum atomic E-state index is 0.0605. The van der Waals surface area contributed by atoms with Crippen molar-refractivity contribution in [2.45, 2.75) is 24.7 Å². The van der Waals surface area contributed by atoms with Gasteiger partial charge in [-0.2, -0.15) is 0 Å². The highest BCUT2D eigenvalue weighted by Crippen LogP contribution is 2.49. The second kappa shape index (κ2) is 7.82. The first-order chi connectivity index (χ1) is 13.2. The first-order valence-electron chi connectivity index (χ1n) is 9.07. The average molecular weight is 396 g/mol. The zero-order valence-electron chi connectivity index (χ0n) is 15.4.